The normalized spacial score (nSPS) is 16.3. The van der Waals surface area contributed by atoms with Crippen molar-refractivity contribution in [2.45, 2.75) is 33.7 Å². The van der Waals surface area contributed by atoms with Crippen molar-refractivity contribution in [2.24, 2.45) is 0 Å². The van der Waals surface area contributed by atoms with Crippen molar-refractivity contribution in [3.63, 3.8) is 0 Å². The Kier molecular flexibility index (Phi) is 6.06. The maximum absolute atomic E-state index is 12.2. The van der Waals surface area contributed by atoms with Crippen molar-refractivity contribution in [1.29, 1.82) is 0 Å². The lowest BCUT2D eigenvalue weighted by atomic mass is 10.1. The highest BCUT2D eigenvalue weighted by molar-refractivity contribution is 9.39. The Bertz CT molecular complexity index is 412. The van der Waals surface area contributed by atoms with E-state index in [1.165, 1.54) is 0 Å². The standard InChI is InChI=1S/C12H16Br3NOS/c1-11(2,3)18(17)16-10(12(13,14)15)9-7-5-4-6-8-9/h4-8,10,16H,1-3H3/t10-,18+/m0/s1. The van der Waals surface area contributed by atoms with Crippen LogP contribution in [0.2, 0.25) is 0 Å². The third-order valence-corrected chi connectivity index (χ3v) is 5.18. The van der Waals surface area contributed by atoms with Gasteiger partial charge < -0.3 is 0 Å². The molecule has 0 amide bonds. The molecule has 6 heteroatoms. The van der Waals surface area contributed by atoms with Gasteiger partial charge in [0.1, 0.15) is 0 Å². The summed E-state index contributed by atoms with van der Waals surface area (Å²) in [5.41, 5.74) is 1.04. The second-order valence-electron chi connectivity index (χ2n) is 4.88. The number of halogens is 3. The summed E-state index contributed by atoms with van der Waals surface area (Å²) in [6.45, 7) is 5.82. The van der Waals surface area contributed by atoms with Crippen LogP contribution in [-0.4, -0.2) is 11.1 Å². The van der Waals surface area contributed by atoms with Gasteiger partial charge in [0.05, 0.1) is 21.8 Å². The average Bonchev–Trinajstić information content (AvgIpc) is 2.23. The molecule has 1 aromatic carbocycles. The smallest absolute Gasteiger partial charge is 0.155 e. The van der Waals surface area contributed by atoms with Crippen LogP contribution in [0.1, 0.15) is 32.4 Å². The summed E-state index contributed by atoms with van der Waals surface area (Å²) in [5.74, 6) is 0. The van der Waals surface area contributed by atoms with E-state index in [4.69, 9.17) is 0 Å². The van der Waals surface area contributed by atoms with Crippen LogP contribution in [0.4, 0.5) is 0 Å². The SMILES string of the molecule is CC(C)(C)[S@@](=O)N[C@@H](c1ccccc1)C(Br)(Br)Br. The third-order valence-electron chi connectivity index (χ3n) is 2.24. The van der Waals surface area contributed by atoms with E-state index in [1.807, 2.05) is 51.1 Å². The zero-order valence-electron chi connectivity index (χ0n) is 10.4. The first-order valence-corrected chi connectivity index (χ1v) is 8.95. The Morgan fingerprint density at radius 2 is 1.61 bits per heavy atom. The molecule has 0 spiro atoms. The van der Waals surface area contributed by atoms with Gasteiger partial charge in [0.25, 0.3) is 0 Å². The minimum atomic E-state index is -1.15. The van der Waals surface area contributed by atoms with E-state index >= 15 is 0 Å². The fourth-order valence-electron chi connectivity index (χ4n) is 1.25. The van der Waals surface area contributed by atoms with E-state index < -0.39 is 13.1 Å². The van der Waals surface area contributed by atoms with Gasteiger partial charge in [-0.15, -0.1) is 0 Å². The van der Waals surface area contributed by atoms with Gasteiger partial charge >= 0.3 is 0 Å². The van der Waals surface area contributed by atoms with E-state index in [-0.39, 0.29) is 10.8 Å². The van der Waals surface area contributed by atoms with E-state index in [2.05, 4.69) is 52.5 Å². The molecule has 0 aliphatic carbocycles. The second-order valence-corrected chi connectivity index (χ2v) is 13.8. The Morgan fingerprint density at radius 3 is 2.00 bits per heavy atom. The zero-order valence-corrected chi connectivity index (χ0v) is 16.0. The summed E-state index contributed by atoms with van der Waals surface area (Å²) in [7, 11) is -1.15. The van der Waals surface area contributed by atoms with Crippen molar-refractivity contribution in [3.8, 4) is 0 Å². The van der Waals surface area contributed by atoms with Gasteiger partial charge in [0, 0.05) is 0 Å². The predicted octanol–water partition coefficient (Wildman–Crippen LogP) is 4.62. The Labute approximate surface area is 136 Å². The third kappa shape index (κ3) is 5.04. The number of rotatable bonds is 3. The van der Waals surface area contributed by atoms with Crippen molar-refractivity contribution >= 4 is 58.8 Å². The quantitative estimate of drug-likeness (QED) is 0.654. The molecule has 0 aliphatic rings. The lowest BCUT2D eigenvalue weighted by Crippen LogP contribution is -2.40. The van der Waals surface area contributed by atoms with Crippen molar-refractivity contribution in [1.82, 2.24) is 4.72 Å². The molecule has 1 aromatic rings. The summed E-state index contributed by atoms with van der Waals surface area (Å²) in [5, 5.41) is 0. The Balaban J connectivity index is 2.99. The van der Waals surface area contributed by atoms with Crippen molar-refractivity contribution in [3.05, 3.63) is 35.9 Å². The molecule has 0 aromatic heterocycles. The average molecular weight is 462 g/mol. The monoisotopic (exact) mass is 459 g/mol. The van der Waals surface area contributed by atoms with Crippen molar-refractivity contribution < 1.29 is 4.21 Å². The van der Waals surface area contributed by atoms with Crippen LogP contribution in [0, 0.1) is 0 Å². The number of hydrogen-bond donors (Lipinski definition) is 1. The van der Waals surface area contributed by atoms with Crippen LogP contribution in [0.3, 0.4) is 0 Å². The molecule has 1 rings (SSSR count). The largest absolute Gasteiger partial charge is 0.242 e. The molecule has 18 heavy (non-hydrogen) atoms. The summed E-state index contributed by atoms with van der Waals surface area (Å²) in [6, 6.07) is 9.70. The number of alkyl halides is 3. The highest BCUT2D eigenvalue weighted by Gasteiger charge is 2.35. The van der Waals surface area contributed by atoms with Gasteiger partial charge in [0.15, 0.2) is 2.14 Å². The van der Waals surface area contributed by atoms with Crippen LogP contribution in [0.25, 0.3) is 0 Å². The Hall–Kier alpha value is 0.770. The first-order chi connectivity index (χ1) is 8.12. The van der Waals surface area contributed by atoms with Crippen LogP contribution in [-0.2, 0) is 11.0 Å². The molecule has 0 bridgehead atoms. The summed E-state index contributed by atoms with van der Waals surface area (Å²) in [4.78, 5) is 0. The molecule has 0 saturated carbocycles. The van der Waals surface area contributed by atoms with Crippen LogP contribution in [0.15, 0.2) is 30.3 Å². The maximum atomic E-state index is 12.2. The molecule has 2 nitrogen and oxygen atoms in total. The fourth-order valence-corrected chi connectivity index (χ4v) is 3.72. The number of benzene rings is 1. The first-order valence-electron chi connectivity index (χ1n) is 5.42. The van der Waals surface area contributed by atoms with Crippen LogP contribution < -0.4 is 4.72 Å². The van der Waals surface area contributed by atoms with Gasteiger partial charge in [-0.2, -0.15) is 0 Å². The molecular formula is C12H16Br3NOS. The van der Waals surface area contributed by atoms with Gasteiger partial charge in [-0.05, 0) is 26.3 Å². The van der Waals surface area contributed by atoms with E-state index in [1.54, 1.807) is 0 Å². The van der Waals surface area contributed by atoms with Gasteiger partial charge in [-0.3, -0.25) is 0 Å². The summed E-state index contributed by atoms with van der Waals surface area (Å²) in [6.07, 6.45) is 0. The maximum Gasteiger partial charge on any atom is 0.155 e. The van der Waals surface area contributed by atoms with Gasteiger partial charge in [0.2, 0.25) is 0 Å². The van der Waals surface area contributed by atoms with Crippen LogP contribution in [0.5, 0.6) is 0 Å². The summed E-state index contributed by atoms with van der Waals surface area (Å²) >= 11 is 10.5. The first kappa shape index (κ1) is 16.8. The van der Waals surface area contributed by atoms with E-state index in [0.717, 1.165) is 5.56 Å². The molecule has 2 atom stereocenters. The minimum absolute atomic E-state index is 0.168. The molecule has 0 unspecified atom stereocenters. The molecular weight excluding hydrogens is 446 g/mol. The van der Waals surface area contributed by atoms with Gasteiger partial charge in [-0.1, -0.05) is 78.1 Å². The van der Waals surface area contributed by atoms with Crippen molar-refractivity contribution in [2.75, 3.05) is 0 Å². The number of nitrogens with one attached hydrogen (secondary N) is 1. The molecule has 0 saturated heterocycles. The second kappa shape index (κ2) is 6.48. The molecule has 0 fully saturated rings. The number of hydrogen-bond acceptors (Lipinski definition) is 1. The molecule has 1 N–H and O–H groups in total. The highest BCUT2D eigenvalue weighted by Crippen LogP contribution is 2.45. The summed E-state index contributed by atoms with van der Waals surface area (Å²) < 4.78 is 14.5. The minimum Gasteiger partial charge on any atom is -0.242 e. The molecule has 0 radical (unpaired) electrons. The molecule has 102 valence electrons. The lowest BCUT2D eigenvalue weighted by Gasteiger charge is -2.29. The Morgan fingerprint density at radius 1 is 1.11 bits per heavy atom. The zero-order chi connectivity index (χ0) is 14.0. The van der Waals surface area contributed by atoms with Gasteiger partial charge in [-0.25, -0.2) is 8.93 Å². The molecule has 0 heterocycles. The highest BCUT2D eigenvalue weighted by atomic mass is 80.0. The molecule has 0 aliphatic heterocycles. The van der Waals surface area contributed by atoms with E-state index in [9.17, 15) is 4.21 Å². The predicted molar refractivity (Wildman–Crippen MR) is 89.7 cm³/mol. The topological polar surface area (TPSA) is 29.1 Å². The fraction of sp³-hybridized carbons (Fsp3) is 0.500. The van der Waals surface area contributed by atoms with Crippen LogP contribution >= 0.6 is 47.8 Å². The lowest BCUT2D eigenvalue weighted by molar-refractivity contribution is 0.612. The van der Waals surface area contributed by atoms with E-state index in [0.29, 0.717) is 0 Å².